The van der Waals surface area contributed by atoms with Crippen LogP contribution < -0.4 is 5.32 Å². The molecule has 1 aliphatic heterocycles. The van der Waals surface area contributed by atoms with Crippen molar-refractivity contribution in [1.29, 1.82) is 0 Å². The predicted molar refractivity (Wildman–Crippen MR) is 118 cm³/mol. The van der Waals surface area contributed by atoms with E-state index in [4.69, 9.17) is 29.2 Å². The number of fused-ring (bicyclic) bond motifs is 1. The van der Waals surface area contributed by atoms with Crippen molar-refractivity contribution in [3.8, 4) is 0 Å². The molecular weight excluding hydrogens is 410 g/mol. The molecule has 1 N–H and O–H groups in total. The third kappa shape index (κ3) is 6.07. The molecule has 2 aliphatic rings. The Hall–Kier alpha value is -2.45. The molecule has 2 fully saturated rings. The zero-order valence-corrected chi connectivity index (χ0v) is 18.2. The molecule has 1 saturated carbocycles. The normalized spacial score (nSPS) is 28.7. The van der Waals surface area contributed by atoms with Crippen LogP contribution in [0, 0.1) is 0 Å². The van der Waals surface area contributed by atoms with Crippen molar-refractivity contribution in [1.82, 2.24) is 5.32 Å². The molecule has 0 aromatic heterocycles. The third-order valence-corrected chi connectivity index (χ3v) is 5.33. The number of ether oxygens (including phenoxy) is 5. The van der Waals surface area contributed by atoms with Crippen LogP contribution in [0.3, 0.4) is 0 Å². The van der Waals surface area contributed by atoms with E-state index in [1.807, 2.05) is 36.4 Å². The summed E-state index contributed by atoms with van der Waals surface area (Å²) in [7, 11) is 0. The Kier molecular flexibility index (Phi) is 5.88. The first-order chi connectivity index (χ1) is 17.0. The molecule has 1 amide bonds. The van der Waals surface area contributed by atoms with Crippen LogP contribution in [0.2, 0.25) is 0 Å². The summed E-state index contributed by atoms with van der Waals surface area (Å²) in [4.78, 5) is 12.5. The molecule has 0 radical (unpaired) electrons. The minimum Gasteiger partial charge on any atom is -0.445 e. The first kappa shape index (κ1) is 18.0. The first-order valence-electron chi connectivity index (χ1n) is 12.6. The van der Waals surface area contributed by atoms with Gasteiger partial charge in [0.2, 0.25) is 0 Å². The SMILES string of the molecule is [2H]C([2H])(OCc1ccccc1)C([2H])([2H])O[C@H]1C[C@@H](NC(=O)OCc2ccccc2)[C@@H]2OC(C)(C)O[C@@H]21. The van der Waals surface area contributed by atoms with Crippen LogP contribution in [-0.2, 0) is 36.9 Å². The summed E-state index contributed by atoms with van der Waals surface area (Å²) in [5, 5.41) is 2.77. The molecule has 2 aromatic carbocycles. The molecule has 7 heteroatoms. The van der Waals surface area contributed by atoms with E-state index in [9.17, 15) is 4.79 Å². The molecule has 172 valence electrons. The zero-order valence-electron chi connectivity index (χ0n) is 22.2. The molecule has 4 atom stereocenters. The second kappa shape index (κ2) is 10.4. The summed E-state index contributed by atoms with van der Waals surface area (Å²) in [5.41, 5.74) is 1.54. The molecule has 1 heterocycles. The third-order valence-electron chi connectivity index (χ3n) is 5.33. The second-order valence-corrected chi connectivity index (χ2v) is 8.25. The van der Waals surface area contributed by atoms with Crippen molar-refractivity contribution in [2.24, 2.45) is 0 Å². The van der Waals surface area contributed by atoms with Gasteiger partial charge in [0.1, 0.15) is 18.8 Å². The Morgan fingerprint density at radius 1 is 1.00 bits per heavy atom. The number of hydrogen-bond acceptors (Lipinski definition) is 6. The quantitative estimate of drug-likeness (QED) is 0.633. The van der Waals surface area contributed by atoms with Gasteiger partial charge in [-0.25, -0.2) is 4.79 Å². The van der Waals surface area contributed by atoms with Crippen molar-refractivity contribution in [3.63, 3.8) is 0 Å². The van der Waals surface area contributed by atoms with Gasteiger partial charge in [-0.05, 0) is 31.4 Å². The summed E-state index contributed by atoms with van der Waals surface area (Å²) in [5.74, 6) is -0.985. The highest BCUT2D eigenvalue weighted by molar-refractivity contribution is 5.67. The molecule has 0 bridgehead atoms. The lowest BCUT2D eigenvalue weighted by atomic mass is 10.2. The molecule has 2 aromatic rings. The number of alkyl carbamates (subject to hydrolysis) is 1. The van der Waals surface area contributed by atoms with Gasteiger partial charge < -0.3 is 29.0 Å². The topological polar surface area (TPSA) is 75.3 Å². The number of hydrogen-bond donors (Lipinski definition) is 1. The van der Waals surface area contributed by atoms with Crippen LogP contribution in [0.1, 0.15) is 36.9 Å². The van der Waals surface area contributed by atoms with E-state index in [2.05, 4.69) is 5.32 Å². The number of nitrogens with one attached hydrogen (secondary N) is 1. The Bertz CT molecular complexity index is 1020. The van der Waals surface area contributed by atoms with E-state index in [1.54, 1.807) is 38.1 Å². The number of rotatable bonds is 9. The summed E-state index contributed by atoms with van der Waals surface area (Å²) in [6.45, 7) is -2.17. The average Bonchev–Trinajstić information content (AvgIpc) is 3.31. The van der Waals surface area contributed by atoms with Crippen molar-refractivity contribution in [2.75, 3.05) is 13.1 Å². The summed E-state index contributed by atoms with van der Waals surface area (Å²) >= 11 is 0. The maximum Gasteiger partial charge on any atom is 0.407 e. The van der Waals surface area contributed by atoms with Crippen LogP contribution in [0.5, 0.6) is 0 Å². The van der Waals surface area contributed by atoms with Gasteiger partial charge in [-0.3, -0.25) is 0 Å². The van der Waals surface area contributed by atoms with E-state index in [0.717, 1.165) is 5.56 Å². The Balaban J connectivity index is 1.39. The van der Waals surface area contributed by atoms with Gasteiger partial charge in [0.05, 0.1) is 37.4 Å². The maximum atomic E-state index is 12.5. The molecule has 1 aliphatic carbocycles. The summed E-state index contributed by atoms with van der Waals surface area (Å²) < 4.78 is 61.2. The van der Waals surface area contributed by atoms with Gasteiger partial charge in [-0.1, -0.05) is 60.7 Å². The van der Waals surface area contributed by atoms with Crippen LogP contribution in [0.15, 0.2) is 60.7 Å². The van der Waals surface area contributed by atoms with Crippen LogP contribution in [0.25, 0.3) is 0 Å². The van der Waals surface area contributed by atoms with Crippen LogP contribution in [0.4, 0.5) is 4.79 Å². The van der Waals surface area contributed by atoms with E-state index < -0.39 is 49.4 Å². The monoisotopic (exact) mass is 445 g/mol. The molecule has 4 rings (SSSR count). The average molecular weight is 446 g/mol. The fraction of sp³-hybridized carbons (Fsp3) is 0.480. The fourth-order valence-corrected chi connectivity index (χ4v) is 3.93. The lowest BCUT2D eigenvalue weighted by Gasteiger charge is -2.24. The van der Waals surface area contributed by atoms with Gasteiger partial charge in [-0.15, -0.1) is 0 Å². The van der Waals surface area contributed by atoms with Gasteiger partial charge in [-0.2, -0.15) is 0 Å². The maximum absolute atomic E-state index is 12.5. The number of carbonyl (C=O) groups excluding carboxylic acids is 1. The van der Waals surface area contributed by atoms with Crippen molar-refractivity contribution < 1.29 is 34.0 Å². The van der Waals surface area contributed by atoms with E-state index in [-0.39, 0.29) is 19.6 Å². The lowest BCUT2D eigenvalue weighted by molar-refractivity contribution is -0.169. The Morgan fingerprint density at radius 2 is 1.62 bits per heavy atom. The lowest BCUT2D eigenvalue weighted by Crippen LogP contribution is -2.43. The van der Waals surface area contributed by atoms with Gasteiger partial charge in [0, 0.05) is 0 Å². The molecule has 1 saturated heterocycles. The highest BCUT2D eigenvalue weighted by atomic mass is 16.8. The predicted octanol–water partition coefficient (Wildman–Crippen LogP) is 3.81. The molecule has 0 spiro atoms. The Labute approximate surface area is 194 Å². The summed E-state index contributed by atoms with van der Waals surface area (Å²) in [6, 6.07) is 17.6. The van der Waals surface area contributed by atoms with Crippen LogP contribution in [-0.4, -0.2) is 49.4 Å². The standard InChI is InChI=1S/C25H31NO6/c1-25(2)31-22-20(26-24(27)30-17-19-11-7-4-8-12-19)15-21(23(22)32-25)29-14-13-28-16-18-9-5-3-6-10-18/h3-12,20-23H,13-17H2,1-2H3,(H,26,27)/t20-,21+,22+,23-/m1/s1/i13D2,14D2. The smallest absolute Gasteiger partial charge is 0.407 e. The molecule has 0 unspecified atom stereocenters. The van der Waals surface area contributed by atoms with Crippen molar-refractivity contribution in [2.45, 2.75) is 63.6 Å². The van der Waals surface area contributed by atoms with Gasteiger partial charge >= 0.3 is 6.09 Å². The minimum atomic E-state index is -2.81. The summed E-state index contributed by atoms with van der Waals surface area (Å²) in [6.07, 6.45) is -2.76. The highest BCUT2D eigenvalue weighted by Gasteiger charge is 2.55. The molecule has 32 heavy (non-hydrogen) atoms. The van der Waals surface area contributed by atoms with E-state index >= 15 is 0 Å². The van der Waals surface area contributed by atoms with E-state index in [0.29, 0.717) is 5.56 Å². The molecular formula is C25H31NO6. The first-order valence-corrected chi connectivity index (χ1v) is 10.6. The Morgan fingerprint density at radius 3 is 2.31 bits per heavy atom. The van der Waals surface area contributed by atoms with Crippen molar-refractivity contribution in [3.05, 3.63) is 71.8 Å². The number of carbonyl (C=O) groups is 1. The largest absolute Gasteiger partial charge is 0.445 e. The molecule has 7 nitrogen and oxygen atoms in total. The second-order valence-electron chi connectivity index (χ2n) is 8.25. The highest BCUT2D eigenvalue weighted by Crippen LogP contribution is 2.39. The van der Waals surface area contributed by atoms with Gasteiger partial charge in [0.15, 0.2) is 5.79 Å². The van der Waals surface area contributed by atoms with Crippen molar-refractivity contribution >= 4 is 6.09 Å². The minimum absolute atomic E-state index is 0.0950. The number of benzene rings is 2. The number of amides is 1. The fourth-order valence-electron chi connectivity index (χ4n) is 3.93. The van der Waals surface area contributed by atoms with E-state index in [1.165, 1.54) is 0 Å². The van der Waals surface area contributed by atoms with Crippen LogP contribution >= 0.6 is 0 Å². The van der Waals surface area contributed by atoms with Gasteiger partial charge in [0.25, 0.3) is 0 Å². The zero-order chi connectivity index (χ0) is 26.0.